The van der Waals surface area contributed by atoms with Gasteiger partial charge in [-0.05, 0) is 49.4 Å². The number of unbranched alkanes of at least 4 members (excludes halogenated alkanes) is 35. The molecule has 3 N–H and O–H groups in total. The van der Waals surface area contributed by atoms with Gasteiger partial charge >= 0.3 is 39.5 Å². The normalized spacial score (nSPS) is 14.2. The first kappa shape index (κ1) is 89.1. The molecule has 0 aromatic carbocycles. The summed E-state index contributed by atoms with van der Waals surface area (Å²) in [5.41, 5.74) is 0. The average molecular weight is 1340 g/mol. The molecule has 540 valence electrons. The number of carbonyl (C=O) groups excluding carboxylic acids is 4. The van der Waals surface area contributed by atoms with E-state index < -0.39 is 97.5 Å². The fourth-order valence-electron chi connectivity index (χ4n) is 10.8. The number of aliphatic hydroxyl groups is 1. The molecule has 91 heavy (non-hydrogen) atoms. The molecule has 0 saturated carbocycles. The maximum Gasteiger partial charge on any atom is 0.472 e. The Kier molecular flexibility index (Phi) is 60.3. The number of phosphoric acid groups is 2. The van der Waals surface area contributed by atoms with Gasteiger partial charge in [-0.3, -0.25) is 37.3 Å². The van der Waals surface area contributed by atoms with Crippen molar-refractivity contribution in [3.8, 4) is 0 Å². The molecular formula is C72H140O17P2. The number of ether oxygens (including phenoxy) is 4. The molecular weight excluding hydrogens is 1200 g/mol. The Labute approximate surface area is 556 Å². The standard InChI is InChI=1S/C72H140O17P2/c1-62(2)48-40-32-24-16-14-12-10-9-11-13-15-17-30-38-46-54-71(76)88-67(58-82-69(74)52-44-36-28-21-18-25-33-41-49-63(3)4)60-86-90(78,79)84-56-66(73)57-85-91(80,81)87-61-68(89-72(77)55-47-39-31-23-20-27-35-43-51-65(7)8)59-83-70(75)53-45-37-29-22-19-26-34-42-50-64(5)6/h62-68,73H,9-61H2,1-8H3,(H,78,79)(H,80,81)/t66?,67-,68-/m1/s1. The fraction of sp³-hybridized carbons (Fsp3) is 0.944. The van der Waals surface area contributed by atoms with Crippen LogP contribution in [0.3, 0.4) is 0 Å². The lowest BCUT2D eigenvalue weighted by Crippen LogP contribution is -2.30. The summed E-state index contributed by atoms with van der Waals surface area (Å²) in [5.74, 6) is 0.845. The number of aliphatic hydroxyl groups excluding tert-OH is 1. The predicted molar refractivity (Wildman–Crippen MR) is 367 cm³/mol. The van der Waals surface area contributed by atoms with Gasteiger partial charge in [-0.2, -0.15) is 0 Å². The fourth-order valence-corrected chi connectivity index (χ4v) is 12.4. The summed E-state index contributed by atoms with van der Waals surface area (Å²) in [5, 5.41) is 10.6. The second-order valence-corrected chi connectivity index (χ2v) is 30.8. The van der Waals surface area contributed by atoms with Gasteiger partial charge in [-0.15, -0.1) is 0 Å². The van der Waals surface area contributed by atoms with Crippen LogP contribution in [0.4, 0.5) is 0 Å². The SMILES string of the molecule is CC(C)CCCCCCCCCCCCCCCCCC(=O)O[C@H](COC(=O)CCCCCCCCCCC(C)C)COP(=O)(O)OCC(O)COP(=O)(O)OC[C@@H](COC(=O)CCCCCCCCCCC(C)C)OC(=O)CCCCCCCCCCC(C)C. The zero-order valence-electron chi connectivity index (χ0n) is 59.5. The highest BCUT2D eigenvalue weighted by Gasteiger charge is 2.30. The van der Waals surface area contributed by atoms with Crippen molar-refractivity contribution in [2.24, 2.45) is 23.7 Å². The number of carbonyl (C=O) groups is 4. The average Bonchev–Trinajstić information content (AvgIpc) is 3.61. The molecule has 0 aromatic rings. The van der Waals surface area contributed by atoms with Crippen LogP contribution in [0.1, 0.15) is 357 Å². The highest BCUT2D eigenvalue weighted by atomic mass is 31.2. The zero-order valence-corrected chi connectivity index (χ0v) is 61.3. The van der Waals surface area contributed by atoms with Crippen LogP contribution in [0.5, 0.6) is 0 Å². The molecule has 19 heteroatoms. The first-order valence-corrected chi connectivity index (χ1v) is 40.2. The molecule has 0 aliphatic carbocycles. The Balaban J connectivity index is 5.23. The first-order valence-electron chi connectivity index (χ1n) is 37.2. The van der Waals surface area contributed by atoms with Crippen molar-refractivity contribution in [1.29, 1.82) is 0 Å². The minimum atomic E-state index is -4.95. The molecule has 0 heterocycles. The molecule has 0 aliphatic heterocycles. The number of hydrogen-bond acceptors (Lipinski definition) is 15. The lowest BCUT2D eigenvalue weighted by molar-refractivity contribution is -0.161. The van der Waals surface area contributed by atoms with E-state index in [9.17, 15) is 43.2 Å². The Bertz CT molecular complexity index is 1800. The topological polar surface area (TPSA) is 237 Å². The van der Waals surface area contributed by atoms with E-state index in [1.54, 1.807) is 0 Å². The Morgan fingerprint density at radius 1 is 0.275 bits per heavy atom. The van der Waals surface area contributed by atoms with Crippen LogP contribution in [0.2, 0.25) is 0 Å². The van der Waals surface area contributed by atoms with Crippen LogP contribution >= 0.6 is 15.6 Å². The van der Waals surface area contributed by atoms with E-state index in [0.717, 1.165) is 114 Å². The molecule has 0 spiro atoms. The zero-order chi connectivity index (χ0) is 67.5. The van der Waals surface area contributed by atoms with Crippen molar-refractivity contribution in [2.75, 3.05) is 39.6 Å². The molecule has 0 aromatic heterocycles. The second-order valence-electron chi connectivity index (χ2n) is 27.9. The van der Waals surface area contributed by atoms with Crippen molar-refractivity contribution >= 4 is 39.5 Å². The molecule has 0 bridgehead atoms. The maximum absolute atomic E-state index is 13.0. The Morgan fingerprint density at radius 2 is 0.462 bits per heavy atom. The molecule has 0 rings (SSSR count). The van der Waals surface area contributed by atoms with Gasteiger partial charge in [0.05, 0.1) is 26.4 Å². The van der Waals surface area contributed by atoms with Crippen molar-refractivity contribution in [1.82, 2.24) is 0 Å². The first-order chi connectivity index (χ1) is 43.6. The van der Waals surface area contributed by atoms with E-state index in [2.05, 4.69) is 55.4 Å². The molecule has 0 aliphatic rings. The lowest BCUT2D eigenvalue weighted by atomic mass is 10.0. The van der Waals surface area contributed by atoms with Crippen molar-refractivity contribution in [2.45, 2.75) is 375 Å². The van der Waals surface area contributed by atoms with Crippen LogP contribution in [-0.4, -0.2) is 96.7 Å². The molecule has 5 atom stereocenters. The van der Waals surface area contributed by atoms with Gasteiger partial charge in [0.25, 0.3) is 0 Å². The van der Waals surface area contributed by atoms with Gasteiger partial charge in [0.1, 0.15) is 19.3 Å². The highest BCUT2D eigenvalue weighted by Crippen LogP contribution is 2.45. The minimum absolute atomic E-state index is 0.103. The quantitative estimate of drug-likeness (QED) is 0.0222. The lowest BCUT2D eigenvalue weighted by Gasteiger charge is -2.21. The Morgan fingerprint density at radius 3 is 0.681 bits per heavy atom. The van der Waals surface area contributed by atoms with Gasteiger partial charge in [0.2, 0.25) is 0 Å². The summed E-state index contributed by atoms with van der Waals surface area (Å²) in [7, 11) is -9.91. The van der Waals surface area contributed by atoms with Gasteiger partial charge in [0.15, 0.2) is 12.2 Å². The third-order valence-electron chi connectivity index (χ3n) is 16.6. The van der Waals surface area contributed by atoms with Crippen molar-refractivity contribution < 1.29 is 80.2 Å². The third kappa shape index (κ3) is 66.5. The van der Waals surface area contributed by atoms with Crippen LogP contribution < -0.4 is 0 Å². The summed E-state index contributed by atoms with van der Waals surface area (Å²) in [6.45, 7) is 14.1. The van der Waals surface area contributed by atoms with E-state index in [4.69, 9.17) is 37.0 Å². The third-order valence-corrected chi connectivity index (χ3v) is 18.5. The number of rotatable bonds is 69. The smallest absolute Gasteiger partial charge is 0.462 e. The highest BCUT2D eigenvalue weighted by molar-refractivity contribution is 7.47. The molecule has 0 radical (unpaired) electrons. The predicted octanol–water partition coefficient (Wildman–Crippen LogP) is 20.5. The molecule has 0 fully saturated rings. The van der Waals surface area contributed by atoms with Crippen LogP contribution in [0.15, 0.2) is 0 Å². The maximum atomic E-state index is 13.0. The van der Waals surface area contributed by atoms with Crippen molar-refractivity contribution in [3.05, 3.63) is 0 Å². The summed E-state index contributed by atoms with van der Waals surface area (Å²) < 4.78 is 68.3. The number of phosphoric ester groups is 2. The summed E-state index contributed by atoms with van der Waals surface area (Å²) in [6, 6.07) is 0. The second kappa shape index (κ2) is 61.6. The molecule has 0 saturated heterocycles. The Hall–Kier alpha value is -1.94. The van der Waals surface area contributed by atoms with Gasteiger partial charge in [-0.25, -0.2) is 9.13 Å². The van der Waals surface area contributed by atoms with E-state index in [1.807, 2.05) is 0 Å². The monoisotopic (exact) mass is 1340 g/mol. The largest absolute Gasteiger partial charge is 0.472 e. The van der Waals surface area contributed by atoms with Gasteiger partial charge in [-0.1, -0.05) is 306 Å². The van der Waals surface area contributed by atoms with Crippen LogP contribution in [-0.2, 0) is 65.4 Å². The summed E-state index contributed by atoms with van der Waals surface area (Å²) in [6.07, 6.45) is 44.6. The molecule has 17 nitrogen and oxygen atoms in total. The van der Waals surface area contributed by atoms with Crippen molar-refractivity contribution in [3.63, 3.8) is 0 Å². The molecule has 0 amide bonds. The van der Waals surface area contributed by atoms with Gasteiger partial charge < -0.3 is 33.8 Å². The number of esters is 4. The van der Waals surface area contributed by atoms with E-state index in [1.165, 1.54) is 161 Å². The molecule has 3 unspecified atom stereocenters. The number of hydrogen-bond donors (Lipinski definition) is 3. The van der Waals surface area contributed by atoms with E-state index in [0.29, 0.717) is 25.7 Å². The summed E-state index contributed by atoms with van der Waals surface area (Å²) >= 11 is 0. The summed E-state index contributed by atoms with van der Waals surface area (Å²) in [4.78, 5) is 72.6. The van der Waals surface area contributed by atoms with Crippen LogP contribution in [0, 0.1) is 23.7 Å². The van der Waals surface area contributed by atoms with Crippen LogP contribution in [0.25, 0.3) is 0 Å². The minimum Gasteiger partial charge on any atom is -0.462 e. The van der Waals surface area contributed by atoms with E-state index in [-0.39, 0.29) is 25.7 Å². The van der Waals surface area contributed by atoms with Gasteiger partial charge in [0, 0.05) is 25.7 Å². The van der Waals surface area contributed by atoms with E-state index >= 15 is 0 Å².